The van der Waals surface area contributed by atoms with E-state index in [1.807, 2.05) is 6.92 Å². The molecule has 0 aliphatic heterocycles. The zero-order chi connectivity index (χ0) is 10.7. The first-order chi connectivity index (χ1) is 7.31. The summed E-state index contributed by atoms with van der Waals surface area (Å²) >= 11 is 0. The van der Waals surface area contributed by atoms with Gasteiger partial charge in [0.1, 0.15) is 6.10 Å². The standard InChI is InChI=1S/C11H17N3O/c1-8-11(14-6-5-13-8)15-10-4-2-3-9(10)7-12/h5-6,9-10H,2-4,7,12H2,1H3. The van der Waals surface area contributed by atoms with E-state index in [1.165, 1.54) is 12.8 Å². The van der Waals surface area contributed by atoms with E-state index < -0.39 is 0 Å². The van der Waals surface area contributed by atoms with Crippen LogP contribution >= 0.6 is 0 Å². The van der Waals surface area contributed by atoms with E-state index in [9.17, 15) is 0 Å². The lowest BCUT2D eigenvalue weighted by Gasteiger charge is -2.19. The molecule has 2 N–H and O–H groups in total. The van der Waals surface area contributed by atoms with Crippen molar-refractivity contribution in [2.45, 2.75) is 32.3 Å². The smallest absolute Gasteiger partial charge is 0.235 e. The molecule has 82 valence electrons. The lowest BCUT2D eigenvalue weighted by molar-refractivity contribution is 0.153. The van der Waals surface area contributed by atoms with Crippen molar-refractivity contribution >= 4 is 0 Å². The average molecular weight is 207 g/mol. The summed E-state index contributed by atoms with van der Waals surface area (Å²) in [4.78, 5) is 8.34. The van der Waals surface area contributed by atoms with Crippen molar-refractivity contribution in [2.75, 3.05) is 6.54 Å². The quantitative estimate of drug-likeness (QED) is 0.811. The molecule has 0 radical (unpaired) electrons. The van der Waals surface area contributed by atoms with Crippen molar-refractivity contribution in [2.24, 2.45) is 11.7 Å². The Morgan fingerprint density at radius 3 is 2.93 bits per heavy atom. The third-order valence-corrected chi connectivity index (χ3v) is 2.99. The summed E-state index contributed by atoms with van der Waals surface area (Å²) in [6.45, 7) is 2.61. The van der Waals surface area contributed by atoms with Gasteiger partial charge >= 0.3 is 0 Å². The first kappa shape index (κ1) is 10.4. The molecule has 2 atom stereocenters. The number of nitrogens with zero attached hydrogens (tertiary/aromatic N) is 2. The summed E-state index contributed by atoms with van der Waals surface area (Å²) in [5, 5.41) is 0. The summed E-state index contributed by atoms with van der Waals surface area (Å²) in [6, 6.07) is 0. The maximum atomic E-state index is 5.86. The van der Waals surface area contributed by atoms with Crippen LogP contribution in [0, 0.1) is 12.8 Å². The second-order valence-corrected chi connectivity index (χ2v) is 4.03. The van der Waals surface area contributed by atoms with Crippen molar-refractivity contribution in [3.63, 3.8) is 0 Å². The van der Waals surface area contributed by atoms with Crippen molar-refractivity contribution in [3.8, 4) is 5.88 Å². The van der Waals surface area contributed by atoms with Crippen LogP contribution in [0.2, 0.25) is 0 Å². The summed E-state index contributed by atoms with van der Waals surface area (Å²) < 4.78 is 5.86. The van der Waals surface area contributed by atoms with E-state index in [1.54, 1.807) is 12.4 Å². The first-order valence-corrected chi connectivity index (χ1v) is 5.45. The highest BCUT2D eigenvalue weighted by Crippen LogP contribution is 2.28. The highest BCUT2D eigenvalue weighted by Gasteiger charge is 2.28. The minimum Gasteiger partial charge on any atom is -0.473 e. The summed E-state index contributed by atoms with van der Waals surface area (Å²) in [5.74, 6) is 1.13. The van der Waals surface area contributed by atoms with E-state index in [0.717, 1.165) is 12.1 Å². The number of ether oxygens (including phenoxy) is 1. The molecular formula is C11H17N3O. The number of aryl methyl sites for hydroxylation is 1. The molecule has 4 heteroatoms. The van der Waals surface area contributed by atoms with Gasteiger partial charge < -0.3 is 10.5 Å². The van der Waals surface area contributed by atoms with Crippen molar-refractivity contribution in [1.82, 2.24) is 9.97 Å². The van der Waals surface area contributed by atoms with Crippen LogP contribution in [0.25, 0.3) is 0 Å². The highest BCUT2D eigenvalue weighted by atomic mass is 16.5. The minimum atomic E-state index is 0.227. The molecule has 0 amide bonds. The van der Waals surface area contributed by atoms with Crippen LogP contribution in [0.15, 0.2) is 12.4 Å². The van der Waals surface area contributed by atoms with Gasteiger partial charge in [0.2, 0.25) is 5.88 Å². The molecule has 0 spiro atoms. The van der Waals surface area contributed by atoms with Crippen LogP contribution in [-0.2, 0) is 0 Å². The molecule has 2 unspecified atom stereocenters. The lowest BCUT2D eigenvalue weighted by atomic mass is 10.1. The van der Waals surface area contributed by atoms with E-state index in [-0.39, 0.29) is 6.10 Å². The van der Waals surface area contributed by atoms with Gasteiger partial charge in [0, 0.05) is 18.3 Å². The summed E-state index contributed by atoms with van der Waals surface area (Å²) in [5.41, 5.74) is 6.55. The Labute approximate surface area is 89.9 Å². The van der Waals surface area contributed by atoms with Crippen LogP contribution < -0.4 is 10.5 Å². The van der Waals surface area contributed by atoms with Crippen molar-refractivity contribution in [1.29, 1.82) is 0 Å². The van der Waals surface area contributed by atoms with Gasteiger partial charge in [0.05, 0.1) is 5.69 Å². The Balaban J connectivity index is 2.05. The monoisotopic (exact) mass is 207 g/mol. The fourth-order valence-corrected chi connectivity index (χ4v) is 2.08. The highest BCUT2D eigenvalue weighted by molar-refractivity contribution is 5.15. The number of aromatic nitrogens is 2. The van der Waals surface area contributed by atoms with Gasteiger partial charge in [-0.25, -0.2) is 4.98 Å². The van der Waals surface area contributed by atoms with Gasteiger partial charge in [-0.05, 0) is 32.7 Å². The van der Waals surface area contributed by atoms with Crippen LogP contribution in [0.3, 0.4) is 0 Å². The molecule has 4 nitrogen and oxygen atoms in total. The zero-order valence-corrected chi connectivity index (χ0v) is 9.02. The van der Waals surface area contributed by atoms with Crippen LogP contribution in [0.4, 0.5) is 0 Å². The van der Waals surface area contributed by atoms with E-state index >= 15 is 0 Å². The molecule has 1 heterocycles. The van der Waals surface area contributed by atoms with Gasteiger partial charge in [-0.15, -0.1) is 0 Å². The third kappa shape index (κ3) is 2.26. The van der Waals surface area contributed by atoms with Gasteiger partial charge in [-0.2, -0.15) is 0 Å². The fourth-order valence-electron chi connectivity index (χ4n) is 2.08. The lowest BCUT2D eigenvalue weighted by Crippen LogP contribution is -2.28. The Hall–Kier alpha value is -1.16. The Morgan fingerprint density at radius 2 is 2.20 bits per heavy atom. The second kappa shape index (κ2) is 4.57. The number of nitrogens with two attached hydrogens (primary N) is 1. The summed E-state index contributed by atoms with van der Waals surface area (Å²) in [6.07, 6.45) is 7.02. The molecular weight excluding hydrogens is 190 g/mol. The number of rotatable bonds is 3. The Morgan fingerprint density at radius 1 is 1.40 bits per heavy atom. The minimum absolute atomic E-state index is 0.227. The van der Waals surface area contributed by atoms with Gasteiger partial charge in [0.15, 0.2) is 0 Å². The molecule has 0 aromatic carbocycles. The van der Waals surface area contributed by atoms with E-state index in [2.05, 4.69) is 9.97 Å². The molecule has 0 bridgehead atoms. The van der Waals surface area contributed by atoms with Crippen molar-refractivity contribution in [3.05, 3.63) is 18.1 Å². The van der Waals surface area contributed by atoms with Crippen LogP contribution in [-0.4, -0.2) is 22.6 Å². The van der Waals surface area contributed by atoms with Crippen LogP contribution in [0.1, 0.15) is 25.0 Å². The molecule has 2 rings (SSSR count). The summed E-state index contributed by atoms with van der Waals surface area (Å²) in [7, 11) is 0. The largest absolute Gasteiger partial charge is 0.473 e. The maximum absolute atomic E-state index is 5.86. The SMILES string of the molecule is Cc1nccnc1OC1CCCC1CN. The van der Waals surface area contributed by atoms with Gasteiger partial charge in [-0.3, -0.25) is 4.98 Å². The van der Waals surface area contributed by atoms with Crippen molar-refractivity contribution < 1.29 is 4.74 Å². The molecule has 1 aliphatic carbocycles. The van der Waals surface area contributed by atoms with Crippen LogP contribution in [0.5, 0.6) is 5.88 Å². The fraction of sp³-hybridized carbons (Fsp3) is 0.636. The third-order valence-electron chi connectivity index (χ3n) is 2.99. The van der Waals surface area contributed by atoms with E-state index in [0.29, 0.717) is 18.3 Å². The number of hydrogen-bond donors (Lipinski definition) is 1. The van der Waals surface area contributed by atoms with Gasteiger partial charge in [0.25, 0.3) is 0 Å². The zero-order valence-electron chi connectivity index (χ0n) is 9.02. The Bertz CT molecular complexity index is 329. The molecule has 1 fully saturated rings. The predicted molar refractivity (Wildman–Crippen MR) is 57.6 cm³/mol. The Kier molecular flexibility index (Phi) is 3.16. The maximum Gasteiger partial charge on any atom is 0.235 e. The topological polar surface area (TPSA) is 61.0 Å². The molecule has 1 aliphatic rings. The second-order valence-electron chi connectivity index (χ2n) is 4.03. The molecule has 0 saturated heterocycles. The number of hydrogen-bond acceptors (Lipinski definition) is 4. The van der Waals surface area contributed by atoms with Gasteiger partial charge in [-0.1, -0.05) is 0 Å². The average Bonchev–Trinajstić information content (AvgIpc) is 2.69. The molecule has 1 saturated carbocycles. The molecule has 15 heavy (non-hydrogen) atoms. The molecule has 1 aromatic heterocycles. The predicted octanol–water partition coefficient (Wildman–Crippen LogP) is 1.29. The molecule has 1 aromatic rings. The van der Waals surface area contributed by atoms with E-state index in [4.69, 9.17) is 10.5 Å². The normalized spacial score (nSPS) is 25.5. The first-order valence-electron chi connectivity index (χ1n) is 5.45.